The van der Waals surface area contributed by atoms with Crippen LogP contribution in [0.25, 0.3) is 11.4 Å². The number of nitrogens with one attached hydrogen (secondary N) is 2. The van der Waals surface area contributed by atoms with Crippen LogP contribution in [0.1, 0.15) is 10.4 Å². The van der Waals surface area contributed by atoms with Gasteiger partial charge in [0.25, 0.3) is 0 Å². The number of aromatic amines is 1. The van der Waals surface area contributed by atoms with E-state index in [-0.39, 0.29) is 11.7 Å². The molecule has 2 aromatic carbocycles. The summed E-state index contributed by atoms with van der Waals surface area (Å²) < 4.78 is 4.63. The van der Waals surface area contributed by atoms with Gasteiger partial charge in [0, 0.05) is 16.3 Å². The highest BCUT2D eigenvalue weighted by Gasteiger charge is 2.12. The molecule has 0 fully saturated rings. The van der Waals surface area contributed by atoms with Crippen molar-refractivity contribution in [3.8, 4) is 11.4 Å². The van der Waals surface area contributed by atoms with E-state index < -0.39 is 5.97 Å². The molecule has 0 atom stereocenters. The van der Waals surface area contributed by atoms with Crippen molar-refractivity contribution in [2.24, 2.45) is 0 Å². The van der Waals surface area contributed by atoms with Crippen LogP contribution in [-0.4, -0.2) is 39.9 Å². The minimum Gasteiger partial charge on any atom is -0.465 e. The van der Waals surface area contributed by atoms with Gasteiger partial charge in [0.1, 0.15) is 0 Å². The summed E-state index contributed by atoms with van der Waals surface area (Å²) in [5.74, 6) is -0.0611. The third-order valence-electron chi connectivity index (χ3n) is 3.57. The highest BCUT2D eigenvalue weighted by Crippen LogP contribution is 2.29. The van der Waals surface area contributed by atoms with Crippen LogP contribution in [0, 0.1) is 0 Å². The van der Waals surface area contributed by atoms with E-state index in [0.717, 1.165) is 0 Å². The standard InChI is InChI=1S/C18H14Cl2N4O3S/c1-27-17(26)10-2-5-12(6-3-10)21-15(25)9-28-18-22-16(23-24-18)13-7-4-11(19)8-14(13)20/h2-8H,9H2,1H3,(H,21,25)(H,22,23,24). The van der Waals surface area contributed by atoms with Crippen molar-refractivity contribution in [2.45, 2.75) is 5.16 Å². The minimum absolute atomic E-state index is 0.115. The molecule has 1 heterocycles. The Labute approximate surface area is 174 Å². The normalized spacial score (nSPS) is 10.5. The molecule has 3 aromatic rings. The number of anilines is 1. The van der Waals surface area contributed by atoms with Gasteiger partial charge in [-0.05, 0) is 42.5 Å². The molecule has 0 aliphatic carbocycles. The maximum atomic E-state index is 12.1. The molecule has 28 heavy (non-hydrogen) atoms. The monoisotopic (exact) mass is 436 g/mol. The molecule has 2 N–H and O–H groups in total. The first kappa shape index (κ1) is 20.2. The molecule has 0 aliphatic heterocycles. The first-order valence-electron chi connectivity index (χ1n) is 7.95. The lowest BCUT2D eigenvalue weighted by Crippen LogP contribution is -2.14. The molecule has 1 amide bonds. The van der Waals surface area contributed by atoms with Crippen molar-refractivity contribution in [1.29, 1.82) is 0 Å². The van der Waals surface area contributed by atoms with Crippen LogP contribution in [-0.2, 0) is 9.53 Å². The number of ether oxygens (including phenoxy) is 1. The van der Waals surface area contributed by atoms with Gasteiger partial charge in [0.05, 0.1) is 23.4 Å². The fourth-order valence-electron chi connectivity index (χ4n) is 2.25. The second kappa shape index (κ2) is 9.09. The zero-order valence-corrected chi connectivity index (χ0v) is 16.9. The molecule has 1 aromatic heterocycles. The number of amides is 1. The van der Waals surface area contributed by atoms with Crippen LogP contribution in [0.15, 0.2) is 47.6 Å². The van der Waals surface area contributed by atoms with Crippen LogP contribution in [0.2, 0.25) is 10.0 Å². The zero-order chi connectivity index (χ0) is 20.1. The summed E-state index contributed by atoms with van der Waals surface area (Å²) in [5, 5.41) is 11.0. The molecular weight excluding hydrogens is 423 g/mol. The second-order valence-corrected chi connectivity index (χ2v) is 7.28. The van der Waals surface area contributed by atoms with Gasteiger partial charge in [-0.3, -0.25) is 9.89 Å². The molecule has 0 saturated carbocycles. The number of aromatic nitrogens is 3. The second-order valence-electron chi connectivity index (χ2n) is 5.50. The number of carbonyl (C=O) groups excluding carboxylic acids is 2. The van der Waals surface area contributed by atoms with Crippen molar-refractivity contribution in [1.82, 2.24) is 15.2 Å². The lowest BCUT2D eigenvalue weighted by molar-refractivity contribution is -0.113. The largest absolute Gasteiger partial charge is 0.465 e. The highest BCUT2D eigenvalue weighted by molar-refractivity contribution is 7.99. The van der Waals surface area contributed by atoms with Gasteiger partial charge >= 0.3 is 5.97 Å². The van der Waals surface area contributed by atoms with Crippen LogP contribution in [0.3, 0.4) is 0 Å². The zero-order valence-electron chi connectivity index (χ0n) is 14.5. The number of rotatable bonds is 6. The van der Waals surface area contributed by atoms with Crippen LogP contribution >= 0.6 is 35.0 Å². The van der Waals surface area contributed by atoms with Crippen molar-refractivity contribution >= 4 is 52.5 Å². The Balaban J connectivity index is 1.56. The van der Waals surface area contributed by atoms with Crippen molar-refractivity contribution in [3.63, 3.8) is 0 Å². The Morgan fingerprint density at radius 3 is 2.61 bits per heavy atom. The number of hydrogen-bond donors (Lipinski definition) is 2. The summed E-state index contributed by atoms with van der Waals surface area (Å²) in [4.78, 5) is 27.8. The van der Waals surface area contributed by atoms with E-state index in [2.05, 4.69) is 25.2 Å². The number of benzene rings is 2. The number of H-pyrrole nitrogens is 1. The summed E-state index contributed by atoms with van der Waals surface area (Å²) in [7, 11) is 1.31. The topological polar surface area (TPSA) is 97.0 Å². The summed E-state index contributed by atoms with van der Waals surface area (Å²) >= 11 is 13.2. The molecule has 7 nitrogen and oxygen atoms in total. The Bertz CT molecular complexity index is 1010. The van der Waals surface area contributed by atoms with E-state index >= 15 is 0 Å². The Hall–Kier alpha value is -2.55. The van der Waals surface area contributed by atoms with E-state index in [4.69, 9.17) is 23.2 Å². The third kappa shape index (κ3) is 5.03. The predicted molar refractivity (Wildman–Crippen MR) is 109 cm³/mol. The maximum Gasteiger partial charge on any atom is 0.337 e. The number of halogens is 2. The Morgan fingerprint density at radius 1 is 1.18 bits per heavy atom. The smallest absolute Gasteiger partial charge is 0.337 e. The van der Waals surface area contributed by atoms with Gasteiger partial charge in [-0.2, -0.15) is 0 Å². The molecule has 0 radical (unpaired) electrons. The van der Waals surface area contributed by atoms with E-state index in [1.54, 1.807) is 42.5 Å². The number of hydrogen-bond acceptors (Lipinski definition) is 6. The van der Waals surface area contributed by atoms with Gasteiger partial charge in [0.15, 0.2) is 5.82 Å². The first-order valence-corrected chi connectivity index (χ1v) is 9.69. The molecule has 0 unspecified atom stereocenters. The average molecular weight is 437 g/mol. The summed E-state index contributed by atoms with van der Waals surface area (Å²) in [6.45, 7) is 0. The average Bonchev–Trinajstić information content (AvgIpc) is 3.15. The summed E-state index contributed by atoms with van der Waals surface area (Å²) in [6.07, 6.45) is 0. The van der Waals surface area contributed by atoms with Crippen LogP contribution in [0.5, 0.6) is 0 Å². The Morgan fingerprint density at radius 2 is 1.93 bits per heavy atom. The third-order valence-corrected chi connectivity index (χ3v) is 4.97. The van der Waals surface area contributed by atoms with E-state index in [9.17, 15) is 9.59 Å². The van der Waals surface area contributed by atoms with Gasteiger partial charge in [0.2, 0.25) is 11.1 Å². The molecule has 0 aliphatic rings. The predicted octanol–water partition coefficient (Wildman–Crippen LogP) is 4.30. The fourth-order valence-corrected chi connectivity index (χ4v) is 3.34. The molecule has 3 rings (SSSR count). The van der Waals surface area contributed by atoms with Gasteiger partial charge in [-0.1, -0.05) is 35.0 Å². The SMILES string of the molecule is COC(=O)c1ccc(NC(=O)CSc2n[nH]c(-c3ccc(Cl)cc3Cl)n2)cc1. The molecule has 0 spiro atoms. The quantitative estimate of drug-likeness (QED) is 0.441. The summed E-state index contributed by atoms with van der Waals surface area (Å²) in [5.41, 5.74) is 1.64. The maximum absolute atomic E-state index is 12.1. The van der Waals surface area contributed by atoms with Crippen LogP contribution in [0.4, 0.5) is 5.69 Å². The molecule has 10 heteroatoms. The number of methoxy groups -OCH3 is 1. The number of nitrogens with zero attached hydrogens (tertiary/aromatic N) is 2. The number of thioether (sulfide) groups is 1. The molecule has 0 bridgehead atoms. The molecule has 144 valence electrons. The lowest BCUT2D eigenvalue weighted by atomic mass is 10.2. The summed E-state index contributed by atoms with van der Waals surface area (Å²) in [6, 6.07) is 11.5. The van der Waals surface area contributed by atoms with Gasteiger partial charge < -0.3 is 10.1 Å². The van der Waals surface area contributed by atoms with Crippen molar-refractivity contribution < 1.29 is 14.3 Å². The first-order chi connectivity index (χ1) is 13.5. The number of carbonyl (C=O) groups is 2. The molecular formula is C18H14Cl2N4O3S. The lowest BCUT2D eigenvalue weighted by Gasteiger charge is -2.05. The number of esters is 1. The van der Waals surface area contributed by atoms with Gasteiger partial charge in [-0.25, -0.2) is 9.78 Å². The molecule has 0 saturated heterocycles. The van der Waals surface area contributed by atoms with E-state index in [1.165, 1.54) is 18.9 Å². The van der Waals surface area contributed by atoms with E-state index in [1.807, 2.05) is 0 Å². The van der Waals surface area contributed by atoms with Gasteiger partial charge in [-0.15, -0.1) is 5.10 Å². The minimum atomic E-state index is -0.436. The van der Waals surface area contributed by atoms with Crippen molar-refractivity contribution in [2.75, 3.05) is 18.2 Å². The highest BCUT2D eigenvalue weighted by atomic mass is 35.5. The van der Waals surface area contributed by atoms with Crippen LogP contribution < -0.4 is 5.32 Å². The van der Waals surface area contributed by atoms with E-state index in [0.29, 0.717) is 37.8 Å². The van der Waals surface area contributed by atoms with Crippen molar-refractivity contribution in [3.05, 3.63) is 58.1 Å². The fraction of sp³-hybridized carbons (Fsp3) is 0.111. The Kier molecular flexibility index (Phi) is 6.56.